The predicted octanol–water partition coefficient (Wildman–Crippen LogP) is 1.65. The molecular weight excluding hydrogens is 304 g/mol. The molecule has 0 radical (unpaired) electrons. The summed E-state index contributed by atoms with van der Waals surface area (Å²) in [7, 11) is 0. The lowest BCUT2D eigenvalue weighted by Gasteiger charge is -2.30. The van der Waals surface area contributed by atoms with Crippen molar-refractivity contribution in [1.82, 2.24) is 10.3 Å². The molecule has 6 nitrogen and oxygen atoms in total. The van der Waals surface area contributed by atoms with E-state index in [1.165, 1.54) is 0 Å². The number of carbonyl (C=O) groups is 1. The first-order valence-electron chi connectivity index (χ1n) is 8.14. The van der Waals surface area contributed by atoms with Crippen LogP contribution in [0.15, 0.2) is 48.8 Å². The van der Waals surface area contributed by atoms with Gasteiger partial charge in [0.1, 0.15) is 0 Å². The average molecular weight is 326 g/mol. The lowest BCUT2D eigenvalue weighted by molar-refractivity contribution is -0.119. The van der Waals surface area contributed by atoms with Gasteiger partial charge in [-0.3, -0.25) is 9.78 Å². The van der Waals surface area contributed by atoms with Gasteiger partial charge in [0.2, 0.25) is 5.91 Å². The normalized spacial score (nSPS) is 14.2. The number of para-hydroxylation sites is 2. The minimum absolute atomic E-state index is 0.0457. The monoisotopic (exact) mass is 326 g/mol. The fraction of sp³-hybridized carbons (Fsp3) is 0.333. The maximum Gasteiger partial charge on any atom is 0.239 e. The molecule has 2 heterocycles. The number of amides is 1. The molecule has 6 heteroatoms. The molecule has 1 fully saturated rings. The molecule has 1 saturated heterocycles. The largest absolute Gasteiger partial charge is 0.378 e. The van der Waals surface area contributed by atoms with Gasteiger partial charge < -0.3 is 20.3 Å². The molecule has 0 saturated carbocycles. The summed E-state index contributed by atoms with van der Waals surface area (Å²) in [6.07, 6.45) is 3.47. The van der Waals surface area contributed by atoms with Gasteiger partial charge in [-0.15, -0.1) is 0 Å². The number of morpholine rings is 1. The highest BCUT2D eigenvalue weighted by Crippen LogP contribution is 2.25. The van der Waals surface area contributed by atoms with Crippen molar-refractivity contribution in [2.75, 3.05) is 43.1 Å². The van der Waals surface area contributed by atoms with E-state index in [9.17, 15) is 4.79 Å². The lowest BCUT2D eigenvalue weighted by Crippen LogP contribution is -2.37. The Labute approximate surface area is 141 Å². The van der Waals surface area contributed by atoms with Gasteiger partial charge in [0, 0.05) is 32.0 Å². The summed E-state index contributed by atoms with van der Waals surface area (Å²) >= 11 is 0. The molecule has 0 atom stereocenters. The van der Waals surface area contributed by atoms with Crippen molar-refractivity contribution < 1.29 is 9.53 Å². The first-order chi connectivity index (χ1) is 11.8. The second kappa shape index (κ2) is 8.31. The van der Waals surface area contributed by atoms with Gasteiger partial charge in [-0.2, -0.15) is 0 Å². The van der Waals surface area contributed by atoms with E-state index in [1.807, 2.05) is 30.3 Å². The zero-order valence-electron chi connectivity index (χ0n) is 13.6. The molecule has 0 unspecified atom stereocenters. The molecule has 1 aromatic heterocycles. The summed E-state index contributed by atoms with van der Waals surface area (Å²) in [6, 6.07) is 11.9. The van der Waals surface area contributed by atoms with Crippen LogP contribution >= 0.6 is 0 Å². The second-order valence-electron chi connectivity index (χ2n) is 5.61. The molecule has 3 rings (SSSR count). The summed E-state index contributed by atoms with van der Waals surface area (Å²) in [6.45, 7) is 3.93. The van der Waals surface area contributed by atoms with E-state index in [0.717, 1.165) is 43.2 Å². The lowest BCUT2D eigenvalue weighted by atomic mass is 10.2. The Hall–Kier alpha value is -2.60. The summed E-state index contributed by atoms with van der Waals surface area (Å²) in [5.41, 5.74) is 3.07. The smallest absolute Gasteiger partial charge is 0.239 e. The molecule has 24 heavy (non-hydrogen) atoms. The van der Waals surface area contributed by atoms with E-state index in [-0.39, 0.29) is 12.5 Å². The molecule has 0 bridgehead atoms. The first kappa shape index (κ1) is 16.3. The third-order valence-corrected chi connectivity index (χ3v) is 3.91. The third kappa shape index (κ3) is 4.45. The third-order valence-electron chi connectivity index (χ3n) is 3.91. The van der Waals surface area contributed by atoms with Crippen LogP contribution in [0.25, 0.3) is 0 Å². The first-order valence-corrected chi connectivity index (χ1v) is 8.14. The summed E-state index contributed by atoms with van der Waals surface area (Å²) in [4.78, 5) is 18.4. The molecule has 0 aliphatic carbocycles. The molecule has 1 amide bonds. The number of pyridine rings is 1. The van der Waals surface area contributed by atoms with Crippen LogP contribution in [0.2, 0.25) is 0 Å². The van der Waals surface area contributed by atoms with Crippen molar-refractivity contribution in [3.63, 3.8) is 0 Å². The van der Waals surface area contributed by atoms with Gasteiger partial charge in [0.05, 0.1) is 31.1 Å². The van der Waals surface area contributed by atoms with Crippen molar-refractivity contribution in [1.29, 1.82) is 0 Å². The van der Waals surface area contributed by atoms with E-state index in [2.05, 4.69) is 26.6 Å². The Morgan fingerprint density at radius 2 is 2.00 bits per heavy atom. The quantitative estimate of drug-likeness (QED) is 0.845. The Kier molecular flexibility index (Phi) is 5.63. The SMILES string of the molecule is O=C(CNc1ccccc1N1CCOCC1)NCc1cccnc1. The highest BCUT2D eigenvalue weighted by molar-refractivity contribution is 5.82. The van der Waals surface area contributed by atoms with Crippen LogP contribution < -0.4 is 15.5 Å². The predicted molar refractivity (Wildman–Crippen MR) is 94.0 cm³/mol. The minimum Gasteiger partial charge on any atom is -0.378 e. The zero-order chi connectivity index (χ0) is 16.6. The number of ether oxygens (including phenoxy) is 1. The maximum absolute atomic E-state index is 12.0. The van der Waals surface area contributed by atoms with Crippen molar-refractivity contribution in [2.45, 2.75) is 6.54 Å². The number of rotatable bonds is 6. The van der Waals surface area contributed by atoms with E-state index in [1.54, 1.807) is 12.4 Å². The van der Waals surface area contributed by atoms with Crippen LogP contribution in [-0.4, -0.2) is 43.7 Å². The number of anilines is 2. The van der Waals surface area contributed by atoms with E-state index in [0.29, 0.717) is 6.54 Å². The number of nitrogens with one attached hydrogen (secondary N) is 2. The van der Waals surface area contributed by atoms with Crippen molar-refractivity contribution >= 4 is 17.3 Å². The molecule has 126 valence electrons. The fourth-order valence-corrected chi connectivity index (χ4v) is 2.64. The Morgan fingerprint density at radius 3 is 2.79 bits per heavy atom. The van der Waals surface area contributed by atoms with E-state index < -0.39 is 0 Å². The molecule has 1 aliphatic rings. The van der Waals surface area contributed by atoms with Crippen LogP contribution in [0, 0.1) is 0 Å². The fourth-order valence-electron chi connectivity index (χ4n) is 2.64. The number of hydrogen-bond donors (Lipinski definition) is 2. The number of aromatic nitrogens is 1. The number of benzene rings is 1. The van der Waals surface area contributed by atoms with Crippen LogP contribution in [0.3, 0.4) is 0 Å². The standard InChI is InChI=1S/C18H22N4O2/c23-18(21-13-15-4-3-7-19-12-15)14-20-16-5-1-2-6-17(16)22-8-10-24-11-9-22/h1-7,12,20H,8-11,13-14H2,(H,21,23). The number of nitrogens with zero attached hydrogens (tertiary/aromatic N) is 2. The highest BCUT2D eigenvalue weighted by atomic mass is 16.5. The zero-order valence-corrected chi connectivity index (χ0v) is 13.6. The number of hydrogen-bond acceptors (Lipinski definition) is 5. The Bertz CT molecular complexity index is 657. The summed E-state index contributed by atoms with van der Waals surface area (Å²) in [5.74, 6) is -0.0457. The summed E-state index contributed by atoms with van der Waals surface area (Å²) < 4.78 is 5.40. The molecular formula is C18H22N4O2. The molecule has 1 aliphatic heterocycles. The summed E-state index contributed by atoms with van der Waals surface area (Å²) in [5, 5.41) is 6.13. The van der Waals surface area contributed by atoms with Gasteiger partial charge in [-0.05, 0) is 23.8 Å². The average Bonchev–Trinajstić information content (AvgIpc) is 2.66. The molecule has 1 aromatic carbocycles. The van der Waals surface area contributed by atoms with Crippen molar-refractivity contribution in [3.8, 4) is 0 Å². The van der Waals surface area contributed by atoms with Crippen molar-refractivity contribution in [2.24, 2.45) is 0 Å². The molecule has 2 aromatic rings. The van der Waals surface area contributed by atoms with Gasteiger partial charge in [-0.1, -0.05) is 18.2 Å². The van der Waals surface area contributed by atoms with Gasteiger partial charge in [-0.25, -0.2) is 0 Å². The van der Waals surface area contributed by atoms with Crippen LogP contribution in [0.4, 0.5) is 11.4 Å². The van der Waals surface area contributed by atoms with Crippen LogP contribution in [0.5, 0.6) is 0 Å². The maximum atomic E-state index is 12.0. The van der Waals surface area contributed by atoms with E-state index in [4.69, 9.17) is 4.74 Å². The van der Waals surface area contributed by atoms with Crippen LogP contribution in [-0.2, 0) is 16.1 Å². The van der Waals surface area contributed by atoms with E-state index >= 15 is 0 Å². The number of carbonyl (C=O) groups excluding carboxylic acids is 1. The van der Waals surface area contributed by atoms with Crippen LogP contribution in [0.1, 0.15) is 5.56 Å². The second-order valence-corrected chi connectivity index (χ2v) is 5.61. The Balaban J connectivity index is 1.53. The Morgan fingerprint density at radius 1 is 1.17 bits per heavy atom. The topological polar surface area (TPSA) is 66.5 Å². The molecule has 0 spiro atoms. The highest BCUT2D eigenvalue weighted by Gasteiger charge is 2.14. The van der Waals surface area contributed by atoms with Gasteiger partial charge in [0.25, 0.3) is 0 Å². The van der Waals surface area contributed by atoms with Crippen molar-refractivity contribution in [3.05, 3.63) is 54.4 Å². The van der Waals surface area contributed by atoms with Gasteiger partial charge in [0.15, 0.2) is 0 Å². The van der Waals surface area contributed by atoms with Gasteiger partial charge >= 0.3 is 0 Å². The molecule has 2 N–H and O–H groups in total. The minimum atomic E-state index is -0.0457.